The van der Waals surface area contributed by atoms with E-state index in [9.17, 15) is 4.79 Å². The van der Waals surface area contributed by atoms with Crippen LogP contribution in [0.15, 0.2) is 0 Å². The molecule has 0 aromatic heterocycles. The van der Waals surface area contributed by atoms with Gasteiger partial charge >= 0.3 is 0 Å². The number of hydrogen-bond donors (Lipinski definition) is 2. The van der Waals surface area contributed by atoms with Crippen LogP contribution in [0.3, 0.4) is 0 Å². The second-order valence-electron chi connectivity index (χ2n) is 3.18. The van der Waals surface area contributed by atoms with Gasteiger partial charge in [0.05, 0.1) is 12.6 Å². The number of carbonyl (C=O) groups is 1. The summed E-state index contributed by atoms with van der Waals surface area (Å²) in [7, 11) is 0. The first kappa shape index (κ1) is 9.96. The molecule has 1 amide bonds. The molecule has 1 aliphatic rings. The Bertz CT molecular complexity index is 219. The highest BCUT2D eigenvalue weighted by atomic mass is 16.2. The van der Waals surface area contributed by atoms with Gasteiger partial charge in [0.1, 0.15) is 0 Å². The van der Waals surface area contributed by atoms with Gasteiger partial charge in [0, 0.05) is 19.0 Å². The average Bonchev–Trinajstić information content (AvgIpc) is 2.94. The Morgan fingerprint density at radius 2 is 2.38 bits per heavy atom. The number of nitriles is 1. The molecule has 0 spiro atoms. The minimum absolute atomic E-state index is 0.190. The number of hydrogen-bond acceptors (Lipinski definition) is 4. The van der Waals surface area contributed by atoms with E-state index in [1.807, 2.05) is 4.90 Å². The molecule has 0 aromatic rings. The Labute approximate surface area is 77.5 Å². The molecule has 5 nitrogen and oxygen atoms in total. The fourth-order valence-corrected chi connectivity index (χ4v) is 1.25. The van der Waals surface area contributed by atoms with Gasteiger partial charge in [0.15, 0.2) is 0 Å². The highest BCUT2D eigenvalue weighted by molar-refractivity contribution is 5.77. The molecule has 72 valence electrons. The van der Waals surface area contributed by atoms with E-state index < -0.39 is 0 Å². The van der Waals surface area contributed by atoms with Crippen LogP contribution in [0.1, 0.15) is 19.3 Å². The zero-order chi connectivity index (χ0) is 9.68. The van der Waals surface area contributed by atoms with E-state index in [2.05, 4.69) is 11.5 Å². The maximum Gasteiger partial charge on any atom is 0.248 e. The summed E-state index contributed by atoms with van der Waals surface area (Å²) < 4.78 is 0. The van der Waals surface area contributed by atoms with Crippen LogP contribution >= 0.6 is 0 Å². The van der Waals surface area contributed by atoms with E-state index >= 15 is 0 Å². The largest absolute Gasteiger partial charge is 0.293 e. The predicted molar refractivity (Wildman–Crippen MR) is 47.2 cm³/mol. The minimum Gasteiger partial charge on any atom is -0.293 e. The molecule has 0 unspecified atom stereocenters. The number of hydrazine groups is 1. The molecule has 1 fully saturated rings. The van der Waals surface area contributed by atoms with Gasteiger partial charge in [-0.3, -0.25) is 15.1 Å². The van der Waals surface area contributed by atoms with Gasteiger partial charge in [-0.15, -0.1) is 0 Å². The number of rotatable bonds is 5. The van der Waals surface area contributed by atoms with Crippen molar-refractivity contribution in [1.82, 2.24) is 10.3 Å². The molecular formula is C8H14N4O. The van der Waals surface area contributed by atoms with Crippen LogP contribution in [0.5, 0.6) is 0 Å². The molecular weight excluding hydrogens is 168 g/mol. The summed E-state index contributed by atoms with van der Waals surface area (Å²) in [6.45, 7) is 0.970. The summed E-state index contributed by atoms with van der Waals surface area (Å²) in [5.74, 6) is 4.79. The maximum atomic E-state index is 11.0. The second kappa shape index (κ2) is 4.80. The first-order chi connectivity index (χ1) is 6.27. The van der Waals surface area contributed by atoms with Gasteiger partial charge in [-0.05, 0) is 12.8 Å². The summed E-state index contributed by atoms with van der Waals surface area (Å²) in [6, 6.07) is 2.56. The van der Waals surface area contributed by atoms with E-state index in [4.69, 9.17) is 11.1 Å². The third kappa shape index (κ3) is 3.40. The van der Waals surface area contributed by atoms with Gasteiger partial charge in [0.2, 0.25) is 5.91 Å². The topological polar surface area (TPSA) is 82.2 Å². The van der Waals surface area contributed by atoms with Crippen molar-refractivity contribution in [3.8, 4) is 6.07 Å². The molecule has 1 saturated carbocycles. The van der Waals surface area contributed by atoms with Crippen LogP contribution in [0.4, 0.5) is 0 Å². The molecule has 3 N–H and O–H groups in total. The van der Waals surface area contributed by atoms with Crippen molar-refractivity contribution in [2.24, 2.45) is 5.84 Å². The lowest BCUT2D eigenvalue weighted by molar-refractivity contribution is -0.122. The van der Waals surface area contributed by atoms with Gasteiger partial charge < -0.3 is 0 Å². The van der Waals surface area contributed by atoms with Gasteiger partial charge in [0.25, 0.3) is 0 Å². The van der Waals surface area contributed by atoms with Crippen molar-refractivity contribution in [1.29, 1.82) is 5.26 Å². The van der Waals surface area contributed by atoms with E-state index in [1.165, 1.54) is 0 Å². The van der Waals surface area contributed by atoms with Crippen molar-refractivity contribution in [2.75, 3.05) is 13.1 Å². The van der Waals surface area contributed by atoms with Crippen LogP contribution in [-0.4, -0.2) is 29.9 Å². The molecule has 0 aromatic carbocycles. The first-order valence-corrected chi connectivity index (χ1v) is 4.38. The average molecular weight is 182 g/mol. The highest BCUT2D eigenvalue weighted by Gasteiger charge is 2.29. The van der Waals surface area contributed by atoms with Gasteiger partial charge in [-0.1, -0.05) is 0 Å². The molecule has 1 rings (SSSR count). The van der Waals surface area contributed by atoms with Gasteiger partial charge in [-0.25, -0.2) is 5.84 Å². The van der Waals surface area contributed by atoms with Crippen LogP contribution in [0, 0.1) is 11.3 Å². The zero-order valence-electron chi connectivity index (χ0n) is 7.49. The van der Waals surface area contributed by atoms with Crippen molar-refractivity contribution >= 4 is 5.91 Å². The lowest BCUT2D eigenvalue weighted by Crippen LogP contribution is -2.41. The van der Waals surface area contributed by atoms with Crippen LogP contribution in [0.25, 0.3) is 0 Å². The quantitative estimate of drug-likeness (QED) is 0.336. The normalized spacial score (nSPS) is 15.5. The van der Waals surface area contributed by atoms with Crippen molar-refractivity contribution < 1.29 is 4.79 Å². The van der Waals surface area contributed by atoms with E-state index in [0.29, 0.717) is 25.6 Å². The van der Waals surface area contributed by atoms with E-state index in [-0.39, 0.29) is 5.91 Å². The molecule has 0 bridgehead atoms. The first-order valence-electron chi connectivity index (χ1n) is 4.38. The summed E-state index contributed by atoms with van der Waals surface area (Å²) in [6.07, 6.45) is 2.72. The second-order valence-corrected chi connectivity index (χ2v) is 3.18. The van der Waals surface area contributed by atoms with Crippen LogP contribution < -0.4 is 11.3 Å². The summed E-state index contributed by atoms with van der Waals surface area (Å²) in [5, 5.41) is 8.41. The van der Waals surface area contributed by atoms with Crippen LogP contribution in [-0.2, 0) is 4.79 Å². The Balaban J connectivity index is 2.29. The molecule has 0 saturated heterocycles. The SMILES string of the molecule is N#CCCN(CC(=O)NN)C1CC1. The molecule has 0 radical (unpaired) electrons. The zero-order valence-corrected chi connectivity index (χ0v) is 7.49. The monoisotopic (exact) mass is 182 g/mol. The van der Waals surface area contributed by atoms with E-state index in [1.54, 1.807) is 0 Å². The molecule has 0 aliphatic heterocycles. The highest BCUT2D eigenvalue weighted by Crippen LogP contribution is 2.26. The lowest BCUT2D eigenvalue weighted by atomic mass is 10.3. The van der Waals surface area contributed by atoms with Crippen LogP contribution in [0.2, 0.25) is 0 Å². The molecule has 5 heteroatoms. The number of nitrogens with one attached hydrogen (secondary N) is 1. The number of amides is 1. The Hall–Kier alpha value is -1.12. The lowest BCUT2D eigenvalue weighted by Gasteiger charge is -2.18. The Morgan fingerprint density at radius 3 is 2.85 bits per heavy atom. The van der Waals surface area contributed by atoms with Gasteiger partial charge in [-0.2, -0.15) is 5.26 Å². The Morgan fingerprint density at radius 1 is 1.69 bits per heavy atom. The fourth-order valence-electron chi connectivity index (χ4n) is 1.25. The standard InChI is InChI=1S/C8H14N4O/c9-4-1-5-12(7-2-3-7)6-8(13)11-10/h7H,1-3,5-6,10H2,(H,11,13). The van der Waals surface area contributed by atoms with E-state index in [0.717, 1.165) is 12.8 Å². The summed E-state index contributed by atoms with van der Waals surface area (Å²) >= 11 is 0. The number of nitrogens with two attached hydrogens (primary N) is 1. The summed E-state index contributed by atoms with van der Waals surface area (Å²) in [4.78, 5) is 13.0. The maximum absolute atomic E-state index is 11.0. The third-order valence-corrected chi connectivity index (χ3v) is 2.08. The smallest absolute Gasteiger partial charge is 0.248 e. The number of carbonyl (C=O) groups excluding carboxylic acids is 1. The molecule has 0 atom stereocenters. The van der Waals surface area contributed by atoms with Crippen molar-refractivity contribution in [2.45, 2.75) is 25.3 Å². The minimum atomic E-state index is -0.190. The molecule has 0 heterocycles. The molecule has 13 heavy (non-hydrogen) atoms. The Kier molecular flexibility index (Phi) is 3.68. The summed E-state index contributed by atoms with van der Waals surface area (Å²) in [5.41, 5.74) is 2.09. The predicted octanol–water partition coefficient (Wildman–Crippen LogP) is -0.646. The van der Waals surface area contributed by atoms with Crippen molar-refractivity contribution in [3.05, 3.63) is 0 Å². The van der Waals surface area contributed by atoms with Crippen molar-refractivity contribution in [3.63, 3.8) is 0 Å². The number of nitrogens with zero attached hydrogens (tertiary/aromatic N) is 2. The molecule has 1 aliphatic carbocycles. The third-order valence-electron chi connectivity index (χ3n) is 2.08. The fraction of sp³-hybridized carbons (Fsp3) is 0.750.